The molecule has 0 spiro atoms. The summed E-state index contributed by atoms with van der Waals surface area (Å²) in [6.07, 6.45) is -25.8. The smallest absolute Gasteiger partial charge is 0.364 e. The number of aliphatic carboxylic acids is 1. The van der Waals surface area contributed by atoms with Crippen molar-refractivity contribution in [3.8, 4) is 0 Å². The third-order valence-corrected chi connectivity index (χ3v) is 8.12. The van der Waals surface area contributed by atoms with Gasteiger partial charge >= 0.3 is 5.97 Å². The van der Waals surface area contributed by atoms with E-state index in [4.69, 9.17) is 28.4 Å². The van der Waals surface area contributed by atoms with Crippen molar-refractivity contribution in [3.05, 3.63) is 0 Å². The minimum Gasteiger partial charge on any atom is -0.477 e. The molecule has 0 aromatic rings. The Bertz CT molecular complexity index is 1090. The maximum atomic E-state index is 12.7. The van der Waals surface area contributed by atoms with E-state index in [0.717, 1.165) is 14.0 Å². The number of hydrogen-bond donors (Lipinski definition) is 13. The van der Waals surface area contributed by atoms with E-state index in [0.29, 0.717) is 0 Å². The SMILES string of the molecule is COC[C@@H](O)[C@@H](O)[C@@H]1O[C@@](O[C@H]2[C@@H](O)[C@@H](CO)O[C@@H](O[C@H]3[C@H](O)[C@@H](CO)O[C@@H](O)[C@@H]3NC(C)=O)[C@@H]2O)(C(=O)O)C[C@H](O)[C@H]1NC(=O)CO. The summed E-state index contributed by atoms with van der Waals surface area (Å²) in [5.74, 6) is -6.86. The van der Waals surface area contributed by atoms with Gasteiger partial charge in [0.2, 0.25) is 11.8 Å². The van der Waals surface area contributed by atoms with Crippen molar-refractivity contribution in [2.24, 2.45) is 0 Å². The minimum absolute atomic E-state index is 0.531. The maximum absolute atomic E-state index is 12.7. The quantitative estimate of drug-likeness (QED) is 0.0798. The number of ether oxygens (including phenoxy) is 6. The zero-order chi connectivity index (χ0) is 36.1. The fraction of sp³-hybridized carbons (Fsp3) is 0.885. The van der Waals surface area contributed by atoms with Crippen molar-refractivity contribution in [1.82, 2.24) is 10.6 Å². The van der Waals surface area contributed by atoms with E-state index in [2.05, 4.69) is 10.6 Å². The molecule has 0 saturated carbocycles. The summed E-state index contributed by atoms with van der Waals surface area (Å²) in [6.45, 7) is -2.39. The molecule has 3 aliphatic rings. The zero-order valence-corrected chi connectivity index (χ0v) is 25.8. The molecule has 13 N–H and O–H groups in total. The Balaban J connectivity index is 1.98. The normalized spacial score (nSPS) is 41.6. The lowest BCUT2D eigenvalue weighted by Crippen LogP contribution is -2.71. The molecule has 0 aromatic heterocycles. The lowest BCUT2D eigenvalue weighted by Gasteiger charge is -2.50. The molecule has 0 aliphatic carbocycles. The number of aliphatic hydroxyl groups is 10. The number of hydrogen-bond acceptors (Lipinski definition) is 19. The molecule has 0 unspecified atom stereocenters. The summed E-state index contributed by atoms with van der Waals surface area (Å²) in [5.41, 5.74) is 0. The highest BCUT2D eigenvalue weighted by atomic mass is 16.8. The van der Waals surface area contributed by atoms with Crippen molar-refractivity contribution in [2.45, 2.75) is 111 Å². The van der Waals surface area contributed by atoms with Gasteiger partial charge in [0.1, 0.15) is 73.7 Å². The second-order valence-corrected chi connectivity index (χ2v) is 11.5. The predicted molar refractivity (Wildman–Crippen MR) is 148 cm³/mol. The molecule has 3 fully saturated rings. The number of carbonyl (C=O) groups is 3. The van der Waals surface area contributed by atoms with Crippen LogP contribution >= 0.6 is 0 Å². The van der Waals surface area contributed by atoms with Crippen molar-refractivity contribution in [3.63, 3.8) is 0 Å². The largest absolute Gasteiger partial charge is 0.477 e. The summed E-state index contributed by atoms with van der Waals surface area (Å²) in [6, 6.07) is -3.19. The van der Waals surface area contributed by atoms with Gasteiger partial charge in [-0.15, -0.1) is 0 Å². The fourth-order valence-corrected chi connectivity index (χ4v) is 5.72. The lowest BCUT2D eigenvalue weighted by atomic mass is 9.88. The van der Waals surface area contributed by atoms with Crippen LogP contribution in [-0.4, -0.2) is 205 Å². The van der Waals surface area contributed by atoms with Gasteiger partial charge in [-0.2, -0.15) is 0 Å². The van der Waals surface area contributed by atoms with Crippen molar-refractivity contribution < 1.29 is 99.0 Å². The Hall–Kier alpha value is -2.23. The van der Waals surface area contributed by atoms with Gasteiger partial charge in [0.05, 0.1) is 32.0 Å². The van der Waals surface area contributed by atoms with Crippen LogP contribution in [0.2, 0.25) is 0 Å². The molecular weight excluding hydrogens is 660 g/mol. The van der Waals surface area contributed by atoms with Crippen molar-refractivity contribution in [1.29, 1.82) is 0 Å². The monoisotopic (exact) mass is 704 g/mol. The first-order chi connectivity index (χ1) is 22.5. The topological polar surface area (TPSA) is 353 Å². The molecule has 0 bridgehead atoms. The van der Waals surface area contributed by atoms with Crippen LogP contribution in [0.5, 0.6) is 0 Å². The van der Waals surface area contributed by atoms with Gasteiger partial charge < -0.3 is 95.2 Å². The summed E-state index contributed by atoms with van der Waals surface area (Å²) in [4.78, 5) is 36.5. The Kier molecular flexibility index (Phi) is 14.3. The van der Waals surface area contributed by atoms with E-state index in [1.165, 1.54) is 0 Å². The molecule has 3 rings (SSSR count). The van der Waals surface area contributed by atoms with E-state index in [9.17, 15) is 70.6 Å². The lowest BCUT2D eigenvalue weighted by molar-refractivity contribution is -0.380. The van der Waals surface area contributed by atoms with Crippen LogP contribution in [0.15, 0.2) is 0 Å². The van der Waals surface area contributed by atoms with E-state index in [1.807, 2.05) is 0 Å². The van der Waals surface area contributed by atoms with Crippen molar-refractivity contribution >= 4 is 17.8 Å². The van der Waals surface area contributed by atoms with Crippen LogP contribution in [0.4, 0.5) is 0 Å². The first-order valence-corrected chi connectivity index (χ1v) is 14.8. The first kappa shape index (κ1) is 40.2. The van der Waals surface area contributed by atoms with Gasteiger partial charge in [-0.1, -0.05) is 0 Å². The number of aliphatic hydroxyl groups excluding tert-OH is 10. The molecule has 0 radical (unpaired) electrons. The Morgan fingerprint density at radius 3 is 2.04 bits per heavy atom. The number of amides is 2. The average Bonchev–Trinajstić information content (AvgIpc) is 3.03. The van der Waals surface area contributed by atoms with Gasteiger partial charge in [0, 0.05) is 20.5 Å². The average molecular weight is 705 g/mol. The van der Waals surface area contributed by atoms with Crippen LogP contribution in [0.25, 0.3) is 0 Å². The van der Waals surface area contributed by atoms with Gasteiger partial charge in [0.15, 0.2) is 12.6 Å². The number of carbonyl (C=O) groups excluding carboxylic acids is 2. The number of rotatable bonds is 14. The third-order valence-electron chi connectivity index (χ3n) is 8.12. The predicted octanol–water partition coefficient (Wildman–Crippen LogP) is -8.45. The fourth-order valence-electron chi connectivity index (χ4n) is 5.72. The Morgan fingerprint density at radius 2 is 1.50 bits per heavy atom. The maximum Gasteiger partial charge on any atom is 0.364 e. The minimum atomic E-state index is -3.07. The Labute approximate surface area is 272 Å². The second kappa shape index (κ2) is 17.1. The molecule has 48 heavy (non-hydrogen) atoms. The van der Waals surface area contributed by atoms with Gasteiger partial charge in [-0.05, 0) is 0 Å². The molecule has 2 amide bonds. The van der Waals surface area contributed by atoms with Crippen LogP contribution in [0.1, 0.15) is 13.3 Å². The molecule has 0 aromatic carbocycles. The molecule has 3 aliphatic heterocycles. The molecule has 22 heteroatoms. The summed E-state index contributed by atoms with van der Waals surface area (Å²) < 4.78 is 32.2. The third kappa shape index (κ3) is 8.73. The van der Waals surface area contributed by atoms with Gasteiger partial charge in [-0.25, -0.2) is 4.79 Å². The highest BCUT2D eigenvalue weighted by Gasteiger charge is 2.60. The van der Waals surface area contributed by atoms with Crippen molar-refractivity contribution in [2.75, 3.05) is 33.5 Å². The van der Waals surface area contributed by atoms with Gasteiger partial charge in [0.25, 0.3) is 5.79 Å². The van der Waals surface area contributed by atoms with Crippen LogP contribution < -0.4 is 10.6 Å². The van der Waals surface area contributed by atoms with E-state index < -0.39 is 148 Å². The summed E-state index contributed by atoms with van der Waals surface area (Å²) in [5, 5.41) is 119. The van der Waals surface area contributed by atoms with E-state index in [-0.39, 0.29) is 0 Å². The highest BCUT2D eigenvalue weighted by Crippen LogP contribution is 2.38. The molecule has 3 heterocycles. The molecule has 16 atom stereocenters. The summed E-state index contributed by atoms with van der Waals surface area (Å²) >= 11 is 0. The van der Waals surface area contributed by atoms with Gasteiger partial charge in [-0.3, -0.25) is 9.59 Å². The second-order valence-electron chi connectivity index (χ2n) is 11.5. The summed E-state index contributed by atoms with van der Waals surface area (Å²) in [7, 11) is 1.16. The van der Waals surface area contributed by atoms with E-state index in [1.54, 1.807) is 0 Å². The van der Waals surface area contributed by atoms with E-state index >= 15 is 0 Å². The Morgan fingerprint density at radius 1 is 0.896 bits per heavy atom. The zero-order valence-electron chi connectivity index (χ0n) is 25.8. The standard InChI is InChI=1S/C26H44N2O20/c1-8(32)27-15-20(17(37)11(4-29)44-23(15)40)46-24-19(39)22(18(38)12(5-30)45-24)48-26(25(41)42)3-9(33)14(28-13(35)6-31)21(47-26)16(36)10(34)7-43-2/h9-12,14-24,29-31,33-34,36-40H,3-7H2,1-2H3,(H,27,32)(H,28,35)(H,41,42)/t9-,10+,11+,12+,14+,15+,16+,17+,18-,19+,20+,21+,22-,23+,24-,26-/m0/s1. The number of carboxylic acids is 1. The number of nitrogens with one attached hydrogen (secondary N) is 2. The van der Waals surface area contributed by atoms with Crippen LogP contribution in [0, 0.1) is 0 Å². The molecular formula is C26H44N2O20. The highest BCUT2D eigenvalue weighted by molar-refractivity contribution is 5.78. The van der Waals surface area contributed by atoms with Crippen LogP contribution in [0.3, 0.4) is 0 Å². The first-order valence-electron chi connectivity index (χ1n) is 14.8. The molecule has 3 saturated heterocycles. The molecule has 22 nitrogen and oxygen atoms in total. The molecule has 278 valence electrons. The van der Waals surface area contributed by atoms with Crippen LogP contribution in [-0.2, 0) is 42.8 Å². The number of methoxy groups -OCH3 is 1. The number of carboxylic acid groups (broad SMARTS) is 1.